The third kappa shape index (κ3) is 53.3. The molecule has 0 aliphatic heterocycles. The first kappa shape index (κ1) is 49.6. The topological polar surface area (TPSA) is 80.3 Å². The second-order valence-corrected chi connectivity index (χ2v) is 12.1. The molecular weight excluding hydrogens is 544 g/mol. The summed E-state index contributed by atoms with van der Waals surface area (Å²) in [4.78, 5) is 20.4. The average molecular weight is 614 g/mol. The van der Waals surface area contributed by atoms with Gasteiger partial charge in [0, 0.05) is 11.9 Å². The molecule has 0 unspecified atom stereocenters. The monoisotopic (exact) mass is 614 g/mol. The molecule has 240 valence electrons. The van der Waals surface area contributed by atoms with Gasteiger partial charge < -0.3 is 19.8 Å². The zero-order valence-electron chi connectivity index (χ0n) is 29.0. The minimum absolute atomic E-state index is 0. The third-order valence-electron chi connectivity index (χ3n) is 7.97. The molecule has 0 radical (unpaired) electrons. The van der Waals surface area contributed by atoms with Gasteiger partial charge in [-0.3, -0.25) is 0 Å². The van der Waals surface area contributed by atoms with Crippen molar-refractivity contribution in [1.82, 2.24) is 0 Å². The molecule has 0 aromatic rings. The van der Waals surface area contributed by atoms with E-state index >= 15 is 0 Å². The van der Waals surface area contributed by atoms with Crippen molar-refractivity contribution in [3.63, 3.8) is 0 Å². The van der Waals surface area contributed by atoms with Gasteiger partial charge in [-0.05, 0) is 25.7 Å². The first-order valence-corrected chi connectivity index (χ1v) is 17.9. The summed E-state index contributed by atoms with van der Waals surface area (Å²) in [7, 11) is 0. The fourth-order valence-electron chi connectivity index (χ4n) is 5.28. The van der Waals surface area contributed by atoms with Gasteiger partial charge in [-0.25, -0.2) is 0 Å². The smallest absolute Gasteiger partial charge is 0.550 e. The zero-order valence-corrected chi connectivity index (χ0v) is 32.4. The van der Waals surface area contributed by atoms with E-state index in [-0.39, 0.29) is 65.5 Å². The Morgan fingerprint density at radius 3 is 0.619 bits per heavy atom. The minimum Gasteiger partial charge on any atom is -0.550 e. The molecular formula is C36H70MgNaO4+. The molecule has 0 rings (SSSR count). The molecule has 0 aromatic carbocycles. The average Bonchev–Trinajstić information content (AvgIpc) is 2.93. The molecule has 0 bridgehead atoms. The molecule has 0 aliphatic rings. The summed E-state index contributed by atoms with van der Waals surface area (Å²) in [6.45, 7) is 4.53. The van der Waals surface area contributed by atoms with Crippen molar-refractivity contribution in [1.29, 1.82) is 0 Å². The summed E-state index contributed by atoms with van der Waals surface area (Å²) in [5.41, 5.74) is 0. The number of unbranched alkanes of at least 4 members (excludes halogenated alkanes) is 28. The number of carbonyl (C=O) groups excluding carboxylic acids is 2. The number of carboxylic acids is 2. The largest absolute Gasteiger partial charge is 2.00 e. The van der Waals surface area contributed by atoms with Crippen LogP contribution in [0.25, 0.3) is 0 Å². The molecule has 4 nitrogen and oxygen atoms in total. The zero-order chi connectivity index (χ0) is 29.8. The van der Waals surface area contributed by atoms with E-state index in [1.165, 1.54) is 167 Å². The Morgan fingerprint density at radius 2 is 0.476 bits per heavy atom. The summed E-state index contributed by atoms with van der Waals surface area (Å²) < 4.78 is 0. The molecule has 0 atom stereocenters. The van der Waals surface area contributed by atoms with Crippen LogP contribution in [0.4, 0.5) is 0 Å². The van der Waals surface area contributed by atoms with Gasteiger partial charge in [0.1, 0.15) is 0 Å². The van der Waals surface area contributed by atoms with Crippen LogP contribution in [0.5, 0.6) is 0 Å². The van der Waals surface area contributed by atoms with E-state index in [9.17, 15) is 19.8 Å². The summed E-state index contributed by atoms with van der Waals surface area (Å²) >= 11 is 0. The quantitative estimate of drug-likeness (QED) is 0.0631. The van der Waals surface area contributed by atoms with Crippen LogP contribution in [0, 0.1) is 0 Å². The maximum absolute atomic E-state index is 10.2. The van der Waals surface area contributed by atoms with Crippen molar-refractivity contribution in [3.05, 3.63) is 0 Å². The number of aliphatic carboxylic acids is 2. The van der Waals surface area contributed by atoms with Gasteiger partial charge in [0.05, 0.1) is 0 Å². The predicted molar refractivity (Wildman–Crippen MR) is 175 cm³/mol. The van der Waals surface area contributed by atoms with Gasteiger partial charge in [-0.1, -0.05) is 194 Å². The Hall–Kier alpha value is 0.706. The van der Waals surface area contributed by atoms with Crippen LogP contribution < -0.4 is 39.8 Å². The molecule has 0 heterocycles. The van der Waals surface area contributed by atoms with Gasteiger partial charge in [0.15, 0.2) is 0 Å². The van der Waals surface area contributed by atoms with Crippen molar-refractivity contribution in [2.45, 2.75) is 219 Å². The van der Waals surface area contributed by atoms with Crippen LogP contribution in [-0.4, -0.2) is 35.0 Å². The van der Waals surface area contributed by atoms with Crippen molar-refractivity contribution in [2.24, 2.45) is 0 Å². The van der Waals surface area contributed by atoms with Crippen LogP contribution in [0.3, 0.4) is 0 Å². The molecule has 0 fully saturated rings. The maximum Gasteiger partial charge on any atom is 2.00 e. The Morgan fingerprint density at radius 1 is 0.333 bits per heavy atom. The Balaban J connectivity index is -0.000000328. The molecule has 0 aromatic heterocycles. The van der Waals surface area contributed by atoms with Crippen LogP contribution in [-0.2, 0) is 9.59 Å². The fourth-order valence-corrected chi connectivity index (χ4v) is 5.28. The van der Waals surface area contributed by atoms with E-state index in [4.69, 9.17) is 0 Å². The van der Waals surface area contributed by atoms with Crippen molar-refractivity contribution in [2.75, 3.05) is 0 Å². The van der Waals surface area contributed by atoms with E-state index in [1.807, 2.05) is 0 Å². The van der Waals surface area contributed by atoms with Crippen molar-refractivity contribution in [3.8, 4) is 0 Å². The molecule has 0 N–H and O–H groups in total. The molecule has 0 amide bonds. The van der Waals surface area contributed by atoms with Crippen molar-refractivity contribution >= 4 is 35.0 Å². The van der Waals surface area contributed by atoms with E-state index in [2.05, 4.69) is 13.8 Å². The second-order valence-electron chi connectivity index (χ2n) is 12.1. The normalized spacial score (nSPS) is 10.3. The summed E-state index contributed by atoms with van der Waals surface area (Å²) in [5.74, 6) is -1.81. The van der Waals surface area contributed by atoms with Crippen LogP contribution >= 0.6 is 0 Å². The molecule has 0 aliphatic carbocycles. The Kier molecular flexibility index (Phi) is 54.5. The van der Waals surface area contributed by atoms with Crippen LogP contribution in [0.2, 0.25) is 0 Å². The maximum atomic E-state index is 10.2. The number of hydrogen-bond acceptors (Lipinski definition) is 4. The van der Waals surface area contributed by atoms with E-state index in [0.717, 1.165) is 25.7 Å². The molecule has 0 saturated carbocycles. The first-order valence-electron chi connectivity index (χ1n) is 17.9. The fraction of sp³-hybridized carbons (Fsp3) is 0.944. The minimum atomic E-state index is -0.903. The Bertz CT molecular complexity index is 461. The number of rotatable bonds is 32. The molecule has 0 spiro atoms. The van der Waals surface area contributed by atoms with E-state index in [1.54, 1.807) is 0 Å². The van der Waals surface area contributed by atoms with Gasteiger partial charge in [0.2, 0.25) is 0 Å². The van der Waals surface area contributed by atoms with Gasteiger partial charge in [-0.2, -0.15) is 0 Å². The number of hydrogen-bond donors (Lipinski definition) is 0. The van der Waals surface area contributed by atoms with E-state index < -0.39 is 11.9 Å². The standard InChI is InChI=1S/2C18H36O2.Mg.Na/c2*1-2-3-4-5-6-7-8-9-10-11-12-13-14-15-16-17-18(19)20;;/h2*2-17H2,1H3,(H,19,20);;/q;;+2;+1/p-2. The summed E-state index contributed by atoms with van der Waals surface area (Å²) in [6.07, 6.45) is 39.7. The predicted octanol–water partition coefficient (Wildman–Crippen LogP) is 6.62. The van der Waals surface area contributed by atoms with Gasteiger partial charge >= 0.3 is 52.6 Å². The number of carboxylic acid groups (broad SMARTS) is 2. The van der Waals surface area contributed by atoms with E-state index in [0.29, 0.717) is 0 Å². The molecule has 42 heavy (non-hydrogen) atoms. The summed E-state index contributed by atoms with van der Waals surface area (Å²) in [6, 6.07) is 0. The SMILES string of the molecule is CCCCCCCCCCCCCCCCCC(=O)[O-].CCCCCCCCCCCCCCCCCC(=O)[O-].[Mg+2].[Na+]. The first-order chi connectivity index (χ1) is 19.5. The van der Waals surface area contributed by atoms with Gasteiger partial charge in [-0.15, -0.1) is 0 Å². The molecule has 0 saturated heterocycles. The second kappa shape index (κ2) is 46.1. The third-order valence-corrected chi connectivity index (χ3v) is 7.97. The van der Waals surface area contributed by atoms with Crippen LogP contribution in [0.1, 0.15) is 219 Å². The van der Waals surface area contributed by atoms with Crippen molar-refractivity contribution < 1.29 is 49.4 Å². The van der Waals surface area contributed by atoms with Gasteiger partial charge in [0.25, 0.3) is 0 Å². The molecule has 6 heteroatoms. The van der Waals surface area contributed by atoms with Crippen LogP contribution in [0.15, 0.2) is 0 Å². The number of carbonyl (C=O) groups is 2. The summed E-state index contributed by atoms with van der Waals surface area (Å²) in [5, 5.41) is 20.4. The Labute approximate surface area is 301 Å².